The molecule has 2 aromatic carbocycles. The van der Waals surface area contributed by atoms with E-state index in [2.05, 4.69) is 19.9 Å². The number of aromatic nitrogens is 4. The number of H-pyrrole nitrogens is 2. The molecule has 0 spiro atoms. The summed E-state index contributed by atoms with van der Waals surface area (Å²) in [6.07, 6.45) is 2.96. The number of aromatic amines is 2. The highest BCUT2D eigenvalue weighted by molar-refractivity contribution is 5.91. The highest BCUT2D eigenvalue weighted by atomic mass is 16.5. The molecule has 0 aliphatic rings. The molecule has 2 heterocycles. The standard InChI is InChI=1S/2C13H12N2O3/c2*1-9(16)12-14-7-11(15-12)8-18-13(17)10-5-3-2-4-6-10/h2*2-7H,8H2,1H3,(H,14,15). The first-order chi connectivity index (χ1) is 17.3. The fourth-order valence-electron chi connectivity index (χ4n) is 2.82. The van der Waals surface area contributed by atoms with Crippen molar-refractivity contribution in [2.45, 2.75) is 27.1 Å². The molecule has 2 N–H and O–H groups in total. The predicted molar refractivity (Wildman–Crippen MR) is 128 cm³/mol. The van der Waals surface area contributed by atoms with E-state index in [4.69, 9.17) is 9.47 Å². The zero-order valence-electron chi connectivity index (χ0n) is 19.7. The normalized spacial score (nSPS) is 10.1. The molecule has 10 heteroatoms. The van der Waals surface area contributed by atoms with E-state index in [0.29, 0.717) is 22.5 Å². The Kier molecular flexibility index (Phi) is 8.99. The van der Waals surface area contributed by atoms with Crippen molar-refractivity contribution < 1.29 is 28.7 Å². The molecule has 10 nitrogen and oxygen atoms in total. The lowest BCUT2D eigenvalue weighted by Gasteiger charge is -2.02. The van der Waals surface area contributed by atoms with Gasteiger partial charge in [0, 0.05) is 13.8 Å². The van der Waals surface area contributed by atoms with Crippen LogP contribution in [0, 0.1) is 0 Å². The number of hydrogen-bond acceptors (Lipinski definition) is 8. The van der Waals surface area contributed by atoms with Crippen LogP contribution in [0.25, 0.3) is 0 Å². The molecule has 36 heavy (non-hydrogen) atoms. The number of carbonyl (C=O) groups is 4. The van der Waals surface area contributed by atoms with Gasteiger partial charge in [0.15, 0.2) is 23.2 Å². The van der Waals surface area contributed by atoms with E-state index >= 15 is 0 Å². The number of imidazole rings is 2. The van der Waals surface area contributed by atoms with E-state index in [9.17, 15) is 19.2 Å². The van der Waals surface area contributed by atoms with Crippen molar-refractivity contribution in [3.8, 4) is 0 Å². The smallest absolute Gasteiger partial charge is 0.338 e. The van der Waals surface area contributed by atoms with Crippen LogP contribution in [0.1, 0.15) is 67.2 Å². The minimum atomic E-state index is -0.408. The average molecular weight is 489 g/mol. The number of hydrogen-bond donors (Lipinski definition) is 2. The molecule has 0 aliphatic heterocycles. The van der Waals surface area contributed by atoms with Gasteiger partial charge in [-0.25, -0.2) is 19.6 Å². The number of esters is 2. The summed E-state index contributed by atoms with van der Waals surface area (Å²) in [6.45, 7) is 2.96. The van der Waals surface area contributed by atoms with Gasteiger partial charge < -0.3 is 19.4 Å². The second-order valence-electron chi connectivity index (χ2n) is 7.51. The number of benzene rings is 2. The van der Waals surface area contributed by atoms with Crippen LogP contribution in [0.4, 0.5) is 0 Å². The third-order valence-corrected chi connectivity index (χ3v) is 4.66. The summed E-state index contributed by atoms with van der Waals surface area (Å²) in [6, 6.07) is 17.4. The summed E-state index contributed by atoms with van der Waals surface area (Å²) in [7, 11) is 0. The minimum absolute atomic E-state index is 0.0635. The van der Waals surface area contributed by atoms with Crippen LogP contribution in [0.5, 0.6) is 0 Å². The Labute approximate surface area is 206 Å². The van der Waals surface area contributed by atoms with E-state index in [-0.39, 0.29) is 36.4 Å². The summed E-state index contributed by atoms with van der Waals surface area (Å²) in [5, 5.41) is 0. The van der Waals surface area contributed by atoms with Crippen molar-refractivity contribution in [3.05, 3.63) is 107 Å². The topological polar surface area (TPSA) is 144 Å². The molecule has 0 saturated heterocycles. The van der Waals surface area contributed by atoms with Crippen molar-refractivity contribution in [2.75, 3.05) is 0 Å². The summed E-state index contributed by atoms with van der Waals surface area (Å²) < 4.78 is 10.2. The van der Waals surface area contributed by atoms with Gasteiger partial charge in [-0.2, -0.15) is 0 Å². The lowest BCUT2D eigenvalue weighted by molar-refractivity contribution is 0.0459. The fraction of sp³-hybridized carbons (Fsp3) is 0.154. The lowest BCUT2D eigenvalue weighted by atomic mass is 10.2. The number of ether oxygens (including phenoxy) is 2. The van der Waals surface area contributed by atoms with Crippen LogP contribution in [0.2, 0.25) is 0 Å². The first-order valence-corrected chi connectivity index (χ1v) is 10.9. The molecule has 0 unspecified atom stereocenters. The summed E-state index contributed by atoms with van der Waals surface area (Å²) in [5.41, 5.74) is 2.15. The maximum absolute atomic E-state index is 11.6. The van der Waals surface area contributed by atoms with Crippen molar-refractivity contribution in [2.24, 2.45) is 0 Å². The van der Waals surface area contributed by atoms with Crippen LogP contribution in [0.3, 0.4) is 0 Å². The first kappa shape index (κ1) is 25.8. The molecule has 0 saturated carbocycles. The molecule has 0 atom stereocenters. The molecule has 0 aliphatic carbocycles. The zero-order chi connectivity index (χ0) is 25.9. The molecule has 184 valence electrons. The molecular weight excluding hydrogens is 464 g/mol. The zero-order valence-corrected chi connectivity index (χ0v) is 19.7. The molecule has 0 bridgehead atoms. The third-order valence-electron chi connectivity index (χ3n) is 4.66. The number of carbonyl (C=O) groups excluding carboxylic acids is 4. The first-order valence-electron chi connectivity index (χ1n) is 10.9. The van der Waals surface area contributed by atoms with E-state index in [1.807, 2.05) is 12.1 Å². The SMILES string of the molecule is CC(=O)c1ncc(COC(=O)c2ccccc2)[nH]1.CC(=O)c1ncc(COC(=O)c2ccccc2)[nH]1. The van der Waals surface area contributed by atoms with Gasteiger partial charge in [-0.3, -0.25) is 9.59 Å². The van der Waals surface area contributed by atoms with Gasteiger partial charge in [-0.1, -0.05) is 36.4 Å². The minimum Gasteiger partial charge on any atom is -0.456 e. The number of rotatable bonds is 8. The van der Waals surface area contributed by atoms with Gasteiger partial charge in [0.25, 0.3) is 0 Å². The molecule has 4 aromatic rings. The summed E-state index contributed by atoms with van der Waals surface area (Å²) >= 11 is 0. The molecule has 0 fully saturated rings. The Morgan fingerprint density at radius 3 is 1.31 bits per heavy atom. The molecule has 2 aromatic heterocycles. The van der Waals surface area contributed by atoms with Gasteiger partial charge in [0.1, 0.15) is 13.2 Å². The van der Waals surface area contributed by atoms with Gasteiger partial charge in [0.05, 0.1) is 34.9 Å². The van der Waals surface area contributed by atoms with Crippen LogP contribution in [-0.2, 0) is 22.7 Å². The second kappa shape index (κ2) is 12.6. The monoisotopic (exact) mass is 488 g/mol. The molecule has 4 rings (SSSR count). The Morgan fingerprint density at radius 1 is 0.639 bits per heavy atom. The van der Waals surface area contributed by atoms with Gasteiger partial charge in [-0.05, 0) is 24.3 Å². The number of ketones is 2. The second-order valence-corrected chi connectivity index (χ2v) is 7.51. The Bertz CT molecular complexity index is 1230. The highest BCUT2D eigenvalue weighted by Crippen LogP contribution is 2.06. The van der Waals surface area contributed by atoms with Crippen molar-refractivity contribution in [3.63, 3.8) is 0 Å². The van der Waals surface area contributed by atoms with Gasteiger partial charge in [-0.15, -0.1) is 0 Å². The quantitative estimate of drug-likeness (QED) is 0.280. The Morgan fingerprint density at radius 2 is 1.00 bits per heavy atom. The van der Waals surface area contributed by atoms with Gasteiger partial charge >= 0.3 is 11.9 Å². The third kappa shape index (κ3) is 7.59. The summed E-state index contributed by atoms with van der Waals surface area (Å²) in [4.78, 5) is 58.6. The van der Waals surface area contributed by atoms with Crippen molar-refractivity contribution in [1.82, 2.24) is 19.9 Å². The number of nitrogens with one attached hydrogen (secondary N) is 2. The molecular formula is C26H24N4O6. The molecule has 0 radical (unpaired) electrons. The fourth-order valence-corrected chi connectivity index (χ4v) is 2.82. The number of Topliss-reactive ketones (excluding diaryl/α,β-unsaturated/α-hetero) is 2. The largest absolute Gasteiger partial charge is 0.456 e. The van der Waals surface area contributed by atoms with E-state index < -0.39 is 11.9 Å². The average Bonchev–Trinajstić information content (AvgIpc) is 3.58. The van der Waals surface area contributed by atoms with Crippen LogP contribution >= 0.6 is 0 Å². The van der Waals surface area contributed by atoms with E-state index in [0.717, 1.165) is 0 Å². The van der Waals surface area contributed by atoms with Crippen molar-refractivity contribution in [1.29, 1.82) is 0 Å². The van der Waals surface area contributed by atoms with Crippen LogP contribution in [0.15, 0.2) is 73.1 Å². The Balaban J connectivity index is 0.000000201. The summed E-state index contributed by atoms with van der Waals surface area (Å²) in [5.74, 6) is -0.600. The predicted octanol–water partition coefficient (Wildman–Crippen LogP) is 3.94. The molecule has 0 amide bonds. The van der Waals surface area contributed by atoms with E-state index in [1.54, 1.807) is 48.5 Å². The maximum Gasteiger partial charge on any atom is 0.338 e. The highest BCUT2D eigenvalue weighted by Gasteiger charge is 2.10. The van der Waals surface area contributed by atoms with Gasteiger partial charge in [0.2, 0.25) is 0 Å². The van der Waals surface area contributed by atoms with E-state index in [1.165, 1.54) is 26.2 Å². The number of nitrogens with zero attached hydrogens (tertiary/aromatic N) is 2. The maximum atomic E-state index is 11.6. The van der Waals surface area contributed by atoms with Crippen LogP contribution in [-0.4, -0.2) is 43.4 Å². The lowest BCUT2D eigenvalue weighted by Crippen LogP contribution is -2.05. The Hall–Kier alpha value is -4.86. The van der Waals surface area contributed by atoms with Crippen LogP contribution < -0.4 is 0 Å². The van der Waals surface area contributed by atoms with Crippen molar-refractivity contribution >= 4 is 23.5 Å².